The van der Waals surface area contributed by atoms with Crippen molar-refractivity contribution in [2.45, 2.75) is 38.6 Å². The molecule has 1 aromatic carbocycles. The average molecular weight is 289 g/mol. The molecule has 2 aromatic rings. The lowest BCUT2D eigenvalue weighted by atomic mass is 9.88. The van der Waals surface area contributed by atoms with E-state index in [1.54, 1.807) is 0 Å². The van der Waals surface area contributed by atoms with Crippen LogP contribution in [0.25, 0.3) is 0 Å². The van der Waals surface area contributed by atoms with Crippen LogP contribution >= 0.6 is 11.6 Å². The van der Waals surface area contributed by atoms with E-state index in [0.29, 0.717) is 5.88 Å². The highest BCUT2D eigenvalue weighted by molar-refractivity contribution is 6.17. The number of rotatable bonds is 4. The molecule has 0 aliphatic heterocycles. The fraction of sp³-hybridized carbons (Fsp3) is 0.353. The third-order valence-corrected chi connectivity index (χ3v) is 3.59. The molecule has 0 amide bonds. The molecule has 0 atom stereocenters. The normalized spacial score (nSPS) is 11.4. The number of halogens is 1. The van der Waals surface area contributed by atoms with Crippen LogP contribution in [0.15, 0.2) is 42.6 Å². The predicted octanol–water partition coefficient (Wildman–Crippen LogP) is 4.73. The largest absolute Gasteiger partial charge is 0.366 e. The Morgan fingerprint density at radius 3 is 2.15 bits per heavy atom. The molecule has 1 heterocycles. The Morgan fingerprint density at radius 2 is 1.65 bits per heavy atom. The summed E-state index contributed by atoms with van der Waals surface area (Å²) >= 11 is 5.78. The minimum Gasteiger partial charge on any atom is -0.366 e. The summed E-state index contributed by atoms with van der Waals surface area (Å²) in [6, 6.07) is 12.5. The van der Waals surface area contributed by atoms with E-state index in [-0.39, 0.29) is 5.41 Å². The first-order chi connectivity index (χ1) is 9.49. The van der Waals surface area contributed by atoms with Crippen LogP contribution in [0.3, 0.4) is 0 Å². The van der Waals surface area contributed by atoms with Gasteiger partial charge in [-0.05, 0) is 28.2 Å². The average Bonchev–Trinajstić information content (AvgIpc) is 2.45. The Balaban J connectivity index is 1.96. The van der Waals surface area contributed by atoms with Gasteiger partial charge in [-0.1, -0.05) is 51.1 Å². The number of nitrogens with one attached hydrogen (secondary N) is 1. The minimum atomic E-state index is 0.142. The second-order valence-corrected chi connectivity index (χ2v) is 6.25. The molecule has 106 valence electrons. The molecule has 0 saturated heterocycles. The number of alkyl halides is 1. The molecule has 0 saturated carbocycles. The van der Waals surface area contributed by atoms with E-state index in [2.05, 4.69) is 61.4 Å². The smallest absolute Gasteiger partial charge is 0.126 e. The minimum absolute atomic E-state index is 0.142. The second kappa shape index (κ2) is 6.27. The van der Waals surface area contributed by atoms with Crippen molar-refractivity contribution >= 4 is 17.4 Å². The van der Waals surface area contributed by atoms with E-state index < -0.39 is 0 Å². The van der Waals surface area contributed by atoms with E-state index in [1.165, 1.54) is 11.1 Å². The maximum Gasteiger partial charge on any atom is 0.126 e. The van der Waals surface area contributed by atoms with Gasteiger partial charge in [0.05, 0.1) is 0 Å². The monoisotopic (exact) mass is 288 g/mol. The van der Waals surface area contributed by atoms with Gasteiger partial charge in [0.2, 0.25) is 0 Å². The van der Waals surface area contributed by atoms with Crippen molar-refractivity contribution in [3.63, 3.8) is 0 Å². The van der Waals surface area contributed by atoms with Gasteiger partial charge >= 0.3 is 0 Å². The van der Waals surface area contributed by atoms with Crippen molar-refractivity contribution in [2.75, 3.05) is 5.32 Å². The summed E-state index contributed by atoms with van der Waals surface area (Å²) in [4.78, 5) is 4.46. The molecule has 0 radical (unpaired) electrons. The Bertz CT molecular complexity index is 539. The molecule has 0 spiro atoms. The van der Waals surface area contributed by atoms with Crippen molar-refractivity contribution in [3.05, 3.63) is 59.3 Å². The number of nitrogens with zero attached hydrogens (tertiary/aromatic N) is 1. The van der Waals surface area contributed by atoms with Crippen LogP contribution in [0.5, 0.6) is 0 Å². The zero-order valence-electron chi connectivity index (χ0n) is 12.3. The first-order valence-corrected chi connectivity index (χ1v) is 7.36. The molecular formula is C17H21ClN2. The van der Waals surface area contributed by atoms with Gasteiger partial charge in [-0.15, -0.1) is 11.6 Å². The first kappa shape index (κ1) is 14.9. The summed E-state index contributed by atoms with van der Waals surface area (Å²) in [7, 11) is 0. The van der Waals surface area contributed by atoms with Gasteiger partial charge in [0.15, 0.2) is 0 Å². The van der Waals surface area contributed by atoms with Crippen LogP contribution in [0.1, 0.15) is 37.5 Å². The number of anilines is 1. The van der Waals surface area contributed by atoms with Crippen molar-refractivity contribution in [1.29, 1.82) is 0 Å². The van der Waals surface area contributed by atoms with Crippen LogP contribution in [0.4, 0.5) is 5.82 Å². The molecule has 20 heavy (non-hydrogen) atoms. The van der Waals surface area contributed by atoms with Gasteiger partial charge in [0.1, 0.15) is 5.82 Å². The summed E-state index contributed by atoms with van der Waals surface area (Å²) < 4.78 is 0. The van der Waals surface area contributed by atoms with Crippen LogP contribution in [-0.4, -0.2) is 4.98 Å². The molecule has 3 heteroatoms. The zero-order valence-corrected chi connectivity index (χ0v) is 13.0. The van der Waals surface area contributed by atoms with E-state index in [9.17, 15) is 0 Å². The second-order valence-electron chi connectivity index (χ2n) is 5.99. The lowest BCUT2D eigenvalue weighted by Gasteiger charge is -2.18. The molecule has 2 nitrogen and oxygen atoms in total. The maximum absolute atomic E-state index is 5.78. The quantitative estimate of drug-likeness (QED) is 0.823. The number of aromatic nitrogens is 1. The fourth-order valence-corrected chi connectivity index (χ4v) is 2.06. The summed E-state index contributed by atoms with van der Waals surface area (Å²) in [6.07, 6.45) is 1.94. The zero-order chi connectivity index (χ0) is 14.6. The third-order valence-electron chi connectivity index (χ3n) is 3.28. The molecular weight excluding hydrogens is 268 g/mol. The van der Waals surface area contributed by atoms with E-state index >= 15 is 0 Å². The van der Waals surface area contributed by atoms with E-state index in [0.717, 1.165) is 17.9 Å². The van der Waals surface area contributed by atoms with E-state index in [4.69, 9.17) is 11.6 Å². The van der Waals surface area contributed by atoms with Gasteiger partial charge in [-0.2, -0.15) is 0 Å². The Morgan fingerprint density at radius 1 is 1.00 bits per heavy atom. The van der Waals surface area contributed by atoms with Crippen molar-refractivity contribution < 1.29 is 0 Å². The lowest BCUT2D eigenvalue weighted by molar-refractivity contribution is 0.587. The van der Waals surface area contributed by atoms with Crippen LogP contribution in [0.2, 0.25) is 0 Å². The Hall–Kier alpha value is -1.54. The highest BCUT2D eigenvalue weighted by Crippen LogP contribution is 2.22. The predicted molar refractivity (Wildman–Crippen MR) is 86.3 cm³/mol. The highest BCUT2D eigenvalue weighted by Gasteiger charge is 2.13. The van der Waals surface area contributed by atoms with E-state index in [1.807, 2.05) is 12.3 Å². The Labute approximate surface area is 126 Å². The molecule has 0 bridgehead atoms. The summed E-state index contributed by atoms with van der Waals surface area (Å²) in [6.45, 7) is 7.34. The fourth-order valence-electron chi connectivity index (χ4n) is 1.88. The molecule has 0 unspecified atom stereocenters. The number of hydrogen-bond acceptors (Lipinski definition) is 2. The van der Waals surface area contributed by atoms with Crippen molar-refractivity contribution in [2.24, 2.45) is 0 Å². The van der Waals surface area contributed by atoms with Crippen molar-refractivity contribution in [3.8, 4) is 0 Å². The SMILES string of the molecule is CC(C)(C)c1ccc(NCc2ccc(CCl)cc2)nc1. The Kier molecular flexibility index (Phi) is 4.66. The standard InChI is InChI=1S/C17H21ClN2/c1-17(2,3)15-8-9-16(20-12-15)19-11-14-6-4-13(10-18)5-7-14/h4-9,12H,10-11H2,1-3H3,(H,19,20). The third kappa shape index (κ3) is 3.97. The molecule has 1 aromatic heterocycles. The molecule has 0 aliphatic carbocycles. The van der Waals surface area contributed by atoms with Crippen LogP contribution < -0.4 is 5.32 Å². The van der Waals surface area contributed by atoms with Crippen LogP contribution in [0, 0.1) is 0 Å². The van der Waals surface area contributed by atoms with Gasteiger partial charge in [-0.3, -0.25) is 0 Å². The molecule has 2 rings (SSSR count). The van der Waals surface area contributed by atoms with Gasteiger partial charge in [-0.25, -0.2) is 4.98 Å². The summed E-state index contributed by atoms with van der Waals surface area (Å²) in [5.41, 5.74) is 3.75. The molecule has 0 fully saturated rings. The summed E-state index contributed by atoms with van der Waals surface area (Å²) in [5.74, 6) is 1.46. The number of hydrogen-bond donors (Lipinski definition) is 1. The first-order valence-electron chi connectivity index (χ1n) is 6.83. The summed E-state index contributed by atoms with van der Waals surface area (Å²) in [5, 5.41) is 3.33. The number of pyridine rings is 1. The molecule has 0 aliphatic rings. The topological polar surface area (TPSA) is 24.9 Å². The van der Waals surface area contributed by atoms with Crippen LogP contribution in [-0.2, 0) is 17.8 Å². The highest BCUT2D eigenvalue weighted by atomic mass is 35.5. The van der Waals surface area contributed by atoms with Gasteiger partial charge in [0.25, 0.3) is 0 Å². The maximum atomic E-state index is 5.78. The van der Waals surface area contributed by atoms with Gasteiger partial charge in [0, 0.05) is 18.6 Å². The lowest BCUT2D eigenvalue weighted by Crippen LogP contribution is -2.11. The number of benzene rings is 1. The molecule has 1 N–H and O–H groups in total. The van der Waals surface area contributed by atoms with Crippen molar-refractivity contribution in [1.82, 2.24) is 4.98 Å². The van der Waals surface area contributed by atoms with Gasteiger partial charge < -0.3 is 5.32 Å².